The maximum absolute atomic E-state index is 5.30. The van der Waals surface area contributed by atoms with Gasteiger partial charge in [0.15, 0.2) is 5.96 Å². The highest BCUT2D eigenvalue weighted by Gasteiger charge is 2.17. The summed E-state index contributed by atoms with van der Waals surface area (Å²) < 4.78 is 5.30. The number of likely N-dealkylation sites (N-methyl/N-ethyl adjacent to an activating group) is 1. The number of nitrogens with zero attached hydrogens (tertiary/aromatic N) is 2. The number of aliphatic imine (C=N–C) groups is 1. The summed E-state index contributed by atoms with van der Waals surface area (Å²) >= 11 is 0. The molecule has 0 aromatic carbocycles. The molecular weight excluding hydrogens is 252 g/mol. The zero-order valence-corrected chi connectivity index (χ0v) is 13.5. The Bertz CT molecular complexity index is 265. The number of guanidine groups is 1. The van der Waals surface area contributed by atoms with Gasteiger partial charge in [0, 0.05) is 39.3 Å². The zero-order valence-electron chi connectivity index (χ0n) is 13.5. The van der Waals surface area contributed by atoms with E-state index < -0.39 is 0 Å². The van der Waals surface area contributed by atoms with Crippen LogP contribution in [0.4, 0.5) is 0 Å². The Morgan fingerprint density at radius 2 is 1.90 bits per heavy atom. The minimum absolute atomic E-state index is 0.721. The maximum Gasteiger partial charge on any atom is 0.191 e. The minimum Gasteiger partial charge on any atom is -0.380 e. The monoisotopic (exact) mass is 284 g/mol. The molecule has 1 saturated carbocycles. The number of hydrogen-bond donors (Lipinski definition) is 2. The van der Waals surface area contributed by atoms with Gasteiger partial charge in [0.2, 0.25) is 0 Å². The summed E-state index contributed by atoms with van der Waals surface area (Å²) in [6, 6.07) is 0.776. The van der Waals surface area contributed by atoms with Crippen LogP contribution in [0.5, 0.6) is 0 Å². The quantitative estimate of drug-likeness (QED) is 0.402. The molecule has 118 valence electrons. The Morgan fingerprint density at radius 3 is 2.55 bits per heavy atom. The second kappa shape index (κ2) is 10.9. The summed E-state index contributed by atoms with van der Waals surface area (Å²) in [5.74, 6) is 0.863. The molecule has 20 heavy (non-hydrogen) atoms. The van der Waals surface area contributed by atoms with Gasteiger partial charge in [-0.25, -0.2) is 0 Å². The van der Waals surface area contributed by atoms with Crippen molar-refractivity contribution in [3.05, 3.63) is 0 Å². The van der Waals surface area contributed by atoms with E-state index in [1.54, 1.807) is 7.05 Å². The molecule has 1 aliphatic carbocycles. The lowest BCUT2D eigenvalue weighted by molar-refractivity contribution is 0.152. The van der Waals surface area contributed by atoms with Crippen LogP contribution in [-0.4, -0.2) is 63.8 Å². The highest BCUT2D eigenvalue weighted by Crippen LogP contribution is 2.21. The third kappa shape index (κ3) is 7.10. The summed E-state index contributed by atoms with van der Waals surface area (Å²) in [4.78, 5) is 6.70. The van der Waals surface area contributed by atoms with Crippen LogP contribution in [0.1, 0.15) is 39.0 Å². The molecule has 0 saturated heterocycles. The van der Waals surface area contributed by atoms with Crippen LogP contribution in [0.2, 0.25) is 0 Å². The van der Waals surface area contributed by atoms with Gasteiger partial charge in [-0.1, -0.05) is 19.3 Å². The van der Waals surface area contributed by atoms with E-state index >= 15 is 0 Å². The average molecular weight is 284 g/mol. The van der Waals surface area contributed by atoms with E-state index in [-0.39, 0.29) is 0 Å². The number of ether oxygens (including phenoxy) is 1. The molecule has 0 radical (unpaired) electrons. The Balaban J connectivity index is 2.10. The number of rotatable bonds is 8. The lowest BCUT2D eigenvalue weighted by Crippen LogP contribution is -2.44. The van der Waals surface area contributed by atoms with Gasteiger partial charge in [-0.2, -0.15) is 0 Å². The number of hydrogen-bond acceptors (Lipinski definition) is 3. The molecule has 0 aliphatic heterocycles. The molecule has 5 nitrogen and oxygen atoms in total. The van der Waals surface area contributed by atoms with Crippen LogP contribution >= 0.6 is 0 Å². The van der Waals surface area contributed by atoms with Crippen molar-refractivity contribution < 1.29 is 4.74 Å². The maximum atomic E-state index is 5.30. The fraction of sp³-hybridized carbons (Fsp3) is 0.933. The summed E-state index contributed by atoms with van der Waals surface area (Å²) in [6.07, 6.45) is 6.92. The van der Waals surface area contributed by atoms with Gasteiger partial charge >= 0.3 is 0 Å². The molecule has 0 aromatic rings. The van der Waals surface area contributed by atoms with Crippen LogP contribution in [0.3, 0.4) is 0 Å². The first-order valence-corrected chi connectivity index (χ1v) is 8.00. The van der Waals surface area contributed by atoms with Gasteiger partial charge in [0.25, 0.3) is 0 Å². The number of nitrogens with one attached hydrogen (secondary N) is 2. The summed E-state index contributed by atoms with van der Waals surface area (Å²) in [5.41, 5.74) is 0. The lowest BCUT2D eigenvalue weighted by atomic mass is 9.94. The topological polar surface area (TPSA) is 48.9 Å². The van der Waals surface area contributed by atoms with Crippen molar-refractivity contribution in [1.29, 1.82) is 0 Å². The molecule has 0 aromatic heterocycles. The van der Waals surface area contributed by atoms with E-state index in [2.05, 4.69) is 27.6 Å². The third-order valence-electron chi connectivity index (χ3n) is 3.92. The predicted octanol–water partition coefficient (Wildman–Crippen LogP) is 1.45. The molecule has 1 aliphatic rings. The third-order valence-corrected chi connectivity index (χ3v) is 3.92. The highest BCUT2D eigenvalue weighted by atomic mass is 16.5. The van der Waals surface area contributed by atoms with Crippen molar-refractivity contribution in [2.45, 2.75) is 45.1 Å². The second-order valence-electron chi connectivity index (χ2n) is 5.40. The standard InChI is InChI=1S/C15H32N4O/c1-4-20-13-11-18-15(16-2)17-10-12-19(3)14-8-6-5-7-9-14/h14H,4-13H2,1-3H3,(H2,16,17,18). The molecule has 0 spiro atoms. The lowest BCUT2D eigenvalue weighted by Gasteiger charge is -2.31. The first-order valence-electron chi connectivity index (χ1n) is 8.00. The molecule has 0 bridgehead atoms. The van der Waals surface area contributed by atoms with Crippen LogP contribution in [0.25, 0.3) is 0 Å². The van der Waals surface area contributed by atoms with Crippen LogP contribution < -0.4 is 10.6 Å². The van der Waals surface area contributed by atoms with E-state index in [9.17, 15) is 0 Å². The van der Waals surface area contributed by atoms with Gasteiger partial charge in [0.1, 0.15) is 0 Å². The normalized spacial score (nSPS) is 17.5. The largest absolute Gasteiger partial charge is 0.380 e. The van der Waals surface area contributed by atoms with E-state index in [1.165, 1.54) is 32.1 Å². The Morgan fingerprint density at radius 1 is 1.20 bits per heavy atom. The van der Waals surface area contributed by atoms with Crippen LogP contribution in [-0.2, 0) is 4.74 Å². The Hall–Kier alpha value is -0.810. The van der Waals surface area contributed by atoms with Crippen molar-refractivity contribution in [1.82, 2.24) is 15.5 Å². The van der Waals surface area contributed by atoms with Crippen LogP contribution in [0, 0.1) is 0 Å². The molecule has 0 unspecified atom stereocenters. The average Bonchev–Trinajstić information content (AvgIpc) is 2.50. The first-order chi connectivity index (χ1) is 9.77. The van der Waals surface area contributed by atoms with Gasteiger partial charge in [-0.3, -0.25) is 4.99 Å². The molecule has 1 fully saturated rings. The molecule has 0 heterocycles. The van der Waals surface area contributed by atoms with Crippen molar-refractivity contribution in [2.24, 2.45) is 4.99 Å². The summed E-state index contributed by atoms with van der Waals surface area (Å²) in [7, 11) is 4.05. The summed E-state index contributed by atoms with van der Waals surface area (Å²) in [6.45, 7) is 6.29. The first kappa shape index (κ1) is 17.2. The van der Waals surface area contributed by atoms with Crippen molar-refractivity contribution in [2.75, 3.05) is 46.9 Å². The smallest absolute Gasteiger partial charge is 0.191 e. The van der Waals surface area contributed by atoms with Crippen molar-refractivity contribution in [3.63, 3.8) is 0 Å². The Kier molecular flexibility index (Phi) is 9.41. The van der Waals surface area contributed by atoms with E-state index in [0.717, 1.165) is 44.8 Å². The second-order valence-corrected chi connectivity index (χ2v) is 5.40. The van der Waals surface area contributed by atoms with E-state index in [4.69, 9.17) is 4.74 Å². The highest BCUT2D eigenvalue weighted by molar-refractivity contribution is 5.79. The van der Waals surface area contributed by atoms with Crippen LogP contribution in [0.15, 0.2) is 4.99 Å². The molecule has 0 atom stereocenters. The van der Waals surface area contributed by atoms with E-state index in [0.29, 0.717) is 0 Å². The zero-order chi connectivity index (χ0) is 14.6. The molecule has 2 N–H and O–H groups in total. The van der Waals surface area contributed by atoms with E-state index in [1.807, 2.05) is 6.92 Å². The molecule has 1 rings (SSSR count). The fourth-order valence-electron chi connectivity index (χ4n) is 2.66. The molecule has 0 amide bonds. The minimum atomic E-state index is 0.721. The van der Waals surface area contributed by atoms with Gasteiger partial charge in [0.05, 0.1) is 6.61 Å². The molecular formula is C15H32N4O. The van der Waals surface area contributed by atoms with Crippen molar-refractivity contribution >= 4 is 5.96 Å². The van der Waals surface area contributed by atoms with Gasteiger partial charge < -0.3 is 20.3 Å². The summed E-state index contributed by atoms with van der Waals surface area (Å²) in [5, 5.41) is 6.61. The predicted molar refractivity (Wildman–Crippen MR) is 85.4 cm³/mol. The van der Waals surface area contributed by atoms with Gasteiger partial charge in [-0.15, -0.1) is 0 Å². The van der Waals surface area contributed by atoms with Crippen molar-refractivity contribution in [3.8, 4) is 0 Å². The molecule has 5 heteroatoms. The SMILES string of the molecule is CCOCCNC(=NC)NCCN(C)C1CCCCC1. The fourth-order valence-corrected chi connectivity index (χ4v) is 2.66. The van der Waals surface area contributed by atoms with Gasteiger partial charge in [-0.05, 0) is 26.8 Å². The Labute approximate surface area is 124 Å².